The largest absolute Gasteiger partial charge is 0.477 e. The zero-order valence-electron chi connectivity index (χ0n) is 10.9. The Balaban J connectivity index is 2.13. The van der Waals surface area contributed by atoms with Gasteiger partial charge in [0.05, 0.1) is 0 Å². The lowest BCUT2D eigenvalue weighted by atomic mass is 10.2. The van der Waals surface area contributed by atoms with E-state index in [9.17, 15) is 18.3 Å². The molecule has 0 saturated carbocycles. The van der Waals surface area contributed by atoms with E-state index in [1.54, 1.807) is 36.0 Å². The predicted molar refractivity (Wildman–Crippen MR) is 84.8 cm³/mol. The summed E-state index contributed by atoms with van der Waals surface area (Å²) in [6.45, 7) is 0. The Bertz CT molecular complexity index is 791. The summed E-state index contributed by atoms with van der Waals surface area (Å²) < 4.78 is 28.5. The molecule has 2 aromatic rings. The number of hydrogen-bond donors (Lipinski definition) is 2. The topological polar surface area (TPSA) is 83.5 Å². The van der Waals surface area contributed by atoms with E-state index in [0.717, 1.165) is 29.3 Å². The molecule has 8 heteroatoms. The number of carboxylic acids is 1. The van der Waals surface area contributed by atoms with E-state index in [1.165, 1.54) is 0 Å². The Labute approximate surface area is 130 Å². The molecule has 3 rings (SSSR count). The van der Waals surface area contributed by atoms with Crippen LogP contribution in [0.4, 0.5) is 0 Å². The molecule has 0 aliphatic carbocycles. The Morgan fingerprint density at radius 2 is 2.10 bits per heavy atom. The van der Waals surface area contributed by atoms with Gasteiger partial charge in [0.25, 0.3) is 0 Å². The van der Waals surface area contributed by atoms with Gasteiger partial charge in [-0.3, -0.25) is 0 Å². The van der Waals surface area contributed by atoms with Crippen molar-refractivity contribution in [3.05, 3.63) is 29.1 Å². The standard InChI is InChI=1S/C13H13NO4S3/c15-13(16)11-12(9-3-1-2-4-10(9)20-11)21(17,18)14-8-5-6-19-7-8/h1-4,8,14H,5-7H2,(H,15,16). The normalized spacial score (nSPS) is 19.1. The summed E-state index contributed by atoms with van der Waals surface area (Å²) in [4.78, 5) is 11.2. The van der Waals surface area contributed by atoms with Gasteiger partial charge in [0, 0.05) is 21.9 Å². The summed E-state index contributed by atoms with van der Waals surface area (Å²) in [5.41, 5.74) is 0. The number of aromatic carboxylic acids is 1. The molecule has 0 amide bonds. The number of nitrogens with one attached hydrogen (secondary N) is 1. The average Bonchev–Trinajstić information content (AvgIpc) is 3.04. The van der Waals surface area contributed by atoms with Gasteiger partial charge in [-0.15, -0.1) is 11.3 Å². The van der Waals surface area contributed by atoms with Crippen molar-refractivity contribution in [1.82, 2.24) is 4.72 Å². The van der Waals surface area contributed by atoms with Crippen LogP contribution in [0.2, 0.25) is 0 Å². The number of rotatable bonds is 4. The molecule has 1 aliphatic rings. The fourth-order valence-electron chi connectivity index (χ4n) is 2.34. The summed E-state index contributed by atoms with van der Waals surface area (Å²) in [6, 6.07) is 6.74. The second-order valence-corrected chi connectivity index (χ2v) is 8.60. The van der Waals surface area contributed by atoms with E-state index < -0.39 is 16.0 Å². The highest BCUT2D eigenvalue weighted by Gasteiger charge is 2.30. The maximum absolute atomic E-state index is 12.6. The molecule has 1 atom stereocenters. The van der Waals surface area contributed by atoms with E-state index in [4.69, 9.17) is 0 Å². The minimum absolute atomic E-state index is 0.104. The van der Waals surface area contributed by atoms with Gasteiger partial charge in [-0.1, -0.05) is 18.2 Å². The number of carbonyl (C=O) groups is 1. The van der Waals surface area contributed by atoms with Crippen LogP contribution in [0, 0.1) is 0 Å². The minimum atomic E-state index is -3.84. The maximum Gasteiger partial charge on any atom is 0.347 e. The van der Waals surface area contributed by atoms with Crippen molar-refractivity contribution >= 4 is 49.2 Å². The second kappa shape index (κ2) is 5.60. The molecule has 1 aromatic carbocycles. The lowest BCUT2D eigenvalue weighted by Crippen LogP contribution is -2.35. The first kappa shape index (κ1) is 14.8. The fourth-order valence-corrected chi connectivity index (χ4v) is 6.61. The van der Waals surface area contributed by atoms with Crippen LogP contribution in [-0.4, -0.2) is 37.0 Å². The molecular weight excluding hydrogens is 330 g/mol. The van der Waals surface area contributed by atoms with Crippen molar-refractivity contribution in [1.29, 1.82) is 0 Å². The first-order valence-corrected chi connectivity index (χ1v) is 9.79. The van der Waals surface area contributed by atoms with Gasteiger partial charge in [-0.2, -0.15) is 11.8 Å². The van der Waals surface area contributed by atoms with Crippen LogP contribution in [0.15, 0.2) is 29.2 Å². The van der Waals surface area contributed by atoms with Gasteiger partial charge in [0.2, 0.25) is 10.0 Å². The van der Waals surface area contributed by atoms with Gasteiger partial charge >= 0.3 is 5.97 Å². The van der Waals surface area contributed by atoms with Crippen molar-refractivity contribution in [2.24, 2.45) is 0 Å². The summed E-state index contributed by atoms with van der Waals surface area (Å²) in [5, 5.41) is 9.78. The van der Waals surface area contributed by atoms with E-state index in [1.807, 2.05) is 0 Å². The lowest BCUT2D eigenvalue weighted by molar-refractivity contribution is 0.0698. The molecule has 21 heavy (non-hydrogen) atoms. The minimum Gasteiger partial charge on any atom is -0.477 e. The molecule has 1 saturated heterocycles. The Morgan fingerprint density at radius 1 is 1.33 bits per heavy atom. The first-order chi connectivity index (χ1) is 9.99. The third-order valence-corrected chi connectivity index (χ3v) is 7.32. The van der Waals surface area contributed by atoms with Gasteiger partial charge in [-0.05, 0) is 18.2 Å². The number of fused-ring (bicyclic) bond motifs is 1. The smallest absolute Gasteiger partial charge is 0.347 e. The average molecular weight is 343 g/mol. The first-order valence-electron chi connectivity index (χ1n) is 6.34. The van der Waals surface area contributed by atoms with Crippen LogP contribution < -0.4 is 4.72 Å². The third-order valence-electron chi connectivity index (χ3n) is 3.26. The molecule has 0 spiro atoms. The van der Waals surface area contributed by atoms with Crippen molar-refractivity contribution < 1.29 is 18.3 Å². The molecule has 2 N–H and O–H groups in total. The van der Waals surface area contributed by atoms with E-state index >= 15 is 0 Å². The number of thiophene rings is 1. The third kappa shape index (κ3) is 2.80. The highest BCUT2D eigenvalue weighted by molar-refractivity contribution is 7.99. The van der Waals surface area contributed by atoms with Crippen LogP contribution in [0.25, 0.3) is 10.1 Å². The summed E-state index contributed by atoms with van der Waals surface area (Å²) in [5.74, 6) is 0.435. The molecule has 0 bridgehead atoms. The van der Waals surface area contributed by atoms with Crippen LogP contribution >= 0.6 is 23.1 Å². The molecule has 1 fully saturated rings. The van der Waals surface area contributed by atoms with E-state index in [2.05, 4.69) is 4.72 Å². The van der Waals surface area contributed by atoms with Crippen molar-refractivity contribution in [2.75, 3.05) is 11.5 Å². The number of benzene rings is 1. The molecular formula is C13H13NO4S3. The Hall–Kier alpha value is -1.09. The SMILES string of the molecule is O=C(O)c1sc2ccccc2c1S(=O)(=O)NC1CCSC1. The van der Waals surface area contributed by atoms with E-state index in [-0.39, 0.29) is 15.8 Å². The molecule has 2 heterocycles. The number of carboxylic acid groups (broad SMARTS) is 1. The predicted octanol–water partition coefficient (Wildman–Crippen LogP) is 2.38. The number of thioether (sulfide) groups is 1. The van der Waals surface area contributed by atoms with Crippen molar-refractivity contribution in [3.8, 4) is 0 Å². The van der Waals surface area contributed by atoms with Crippen molar-refractivity contribution in [2.45, 2.75) is 17.4 Å². The molecule has 0 radical (unpaired) electrons. The molecule has 1 aliphatic heterocycles. The van der Waals surface area contributed by atoms with Crippen LogP contribution in [0.1, 0.15) is 16.1 Å². The second-order valence-electron chi connectivity index (χ2n) is 4.74. The summed E-state index contributed by atoms with van der Waals surface area (Å²) in [6.07, 6.45) is 0.772. The molecule has 1 unspecified atom stereocenters. The molecule has 5 nitrogen and oxygen atoms in total. The number of sulfonamides is 1. The van der Waals surface area contributed by atoms with Gasteiger partial charge in [0.15, 0.2) is 0 Å². The highest BCUT2D eigenvalue weighted by Crippen LogP contribution is 2.35. The number of hydrogen-bond acceptors (Lipinski definition) is 5. The monoisotopic (exact) mass is 343 g/mol. The highest BCUT2D eigenvalue weighted by atomic mass is 32.2. The Kier molecular flexibility index (Phi) is 3.96. The van der Waals surface area contributed by atoms with Crippen molar-refractivity contribution in [3.63, 3.8) is 0 Å². The lowest BCUT2D eigenvalue weighted by Gasteiger charge is -2.12. The molecule has 1 aromatic heterocycles. The van der Waals surface area contributed by atoms with Crippen LogP contribution in [0.5, 0.6) is 0 Å². The van der Waals surface area contributed by atoms with Crippen LogP contribution in [-0.2, 0) is 10.0 Å². The summed E-state index contributed by atoms with van der Waals surface area (Å²) >= 11 is 2.69. The van der Waals surface area contributed by atoms with E-state index in [0.29, 0.717) is 10.1 Å². The quantitative estimate of drug-likeness (QED) is 0.890. The zero-order chi connectivity index (χ0) is 15.0. The van der Waals surface area contributed by atoms with Gasteiger partial charge in [-0.25, -0.2) is 17.9 Å². The van der Waals surface area contributed by atoms with Gasteiger partial charge in [0.1, 0.15) is 9.77 Å². The molecule has 112 valence electrons. The zero-order valence-corrected chi connectivity index (χ0v) is 13.4. The Morgan fingerprint density at radius 3 is 2.76 bits per heavy atom. The van der Waals surface area contributed by atoms with Crippen LogP contribution in [0.3, 0.4) is 0 Å². The fraction of sp³-hybridized carbons (Fsp3) is 0.308. The summed E-state index contributed by atoms with van der Waals surface area (Å²) in [7, 11) is -3.84. The van der Waals surface area contributed by atoms with Gasteiger partial charge < -0.3 is 5.11 Å². The maximum atomic E-state index is 12.6.